The van der Waals surface area contributed by atoms with Gasteiger partial charge in [0.2, 0.25) is 5.91 Å². The highest BCUT2D eigenvalue weighted by Gasteiger charge is 2.51. The van der Waals surface area contributed by atoms with E-state index in [0.29, 0.717) is 11.9 Å². The van der Waals surface area contributed by atoms with Gasteiger partial charge in [0.1, 0.15) is 5.54 Å². The van der Waals surface area contributed by atoms with E-state index in [1.54, 1.807) is 0 Å². The summed E-state index contributed by atoms with van der Waals surface area (Å²) < 4.78 is 2.10. The van der Waals surface area contributed by atoms with E-state index in [1.165, 1.54) is 0 Å². The number of piperidine rings is 1. The number of carbonyl (C=O) groups is 1. The first kappa shape index (κ1) is 17.0. The zero-order chi connectivity index (χ0) is 17.3. The molecule has 25 heavy (non-hydrogen) atoms. The Hall–Kier alpha value is -1.40. The van der Waals surface area contributed by atoms with Crippen molar-refractivity contribution in [3.8, 4) is 0 Å². The minimum absolute atomic E-state index is 0.164. The normalized spacial score (nSPS) is 34.1. The number of hydrogen-bond donors (Lipinski definition) is 1. The van der Waals surface area contributed by atoms with Crippen molar-refractivity contribution in [1.82, 2.24) is 19.4 Å². The van der Waals surface area contributed by atoms with Crippen LogP contribution >= 0.6 is 0 Å². The predicted octanol–water partition coefficient (Wildman–Crippen LogP) is 1.64. The molecule has 6 heteroatoms. The van der Waals surface area contributed by atoms with Crippen molar-refractivity contribution in [2.75, 3.05) is 19.6 Å². The van der Waals surface area contributed by atoms with Crippen LogP contribution < -0.4 is 0 Å². The van der Waals surface area contributed by atoms with Crippen LogP contribution in [0.5, 0.6) is 0 Å². The Morgan fingerprint density at radius 1 is 1.12 bits per heavy atom. The second-order valence-corrected chi connectivity index (χ2v) is 7.99. The smallest absolute Gasteiger partial charge is 0.243 e. The highest BCUT2D eigenvalue weighted by Crippen LogP contribution is 2.40. The molecule has 1 spiro atoms. The molecule has 2 aliphatic heterocycles. The van der Waals surface area contributed by atoms with E-state index in [9.17, 15) is 9.90 Å². The van der Waals surface area contributed by atoms with Gasteiger partial charge in [-0.15, -0.1) is 0 Å². The van der Waals surface area contributed by atoms with Gasteiger partial charge in [0.15, 0.2) is 0 Å². The van der Waals surface area contributed by atoms with Crippen LogP contribution in [0.4, 0.5) is 0 Å². The van der Waals surface area contributed by atoms with E-state index in [4.69, 9.17) is 0 Å². The molecule has 0 radical (unpaired) electrons. The van der Waals surface area contributed by atoms with Gasteiger partial charge in [-0.2, -0.15) is 0 Å². The molecule has 1 N–H and O–H groups in total. The summed E-state index contributed by atoms with van der Waals surface area (Å²) in [6.45, 7) is 3.73. The van der Waals surface area contributed by atoms with Crippen molar-refractivity contribution in [3.63, 3.8) is 0 Å². The summed E-state index contributed by atoms with van der Waals surface area (Å²) in [7, 11) is 0. The first-order chi connectivity index (χ1) is 12.2. The number of aliphatic hydroxyl groups excluding tert-OH is 1. The van der Waals surface area contributed by atoms with Crippen LogP contribution in [0.2, 0.25) is 0 Å². The van der Waals surface area contributed by atoms with Crippen LogP contribution in [-0.2, 0) is 11.3 Å². The summed E-state index contributed by atoms with van der Waals surface area (Å²) in [6.07, 6.45) is 13.3. The van der Waals surface area contributed by atoms with Crippen molar-refractivity contribution in [3.05, 3.63) is 18.7 Å². The lowest BCUT2D eigenvalue weighted by Crippen LogP contribution is -2.62. The van der Waals surface area contributed by atoms with Crippen molar-refractivity contribution in [2.24, 2.45) is 0 Å². The van der Waals surface area contributed by atoms with Crippen LogP contribution in [0.1, 0.15) is 51.4 Å². The molecule has 2 saturated heterocycles. The topological polar surface area (TPSA) is 61.6 Å². The molecule has 1 atom stereocenters. The third-order valence-electron chi connectivity index (χ3n) is 6.57. The van der Waals surface area contributed by atoms with Crippen LogP contribution in [0.15, 0.2) is 18.7 Å². The van der Waals surface area contributed by atoms with Crippen LogP contribution in [0.3, 0.4) is 0 Å². The van der Waals surface area contributed by atoms with Gasteiger partial charge in [-0.05, 0) is 57.9 Å². The first-order valence-electron chi connectivity index (χ1n) is 9.89. The molecule has 3 fully saturated rings. The molecule has 4 rings (SSSR count). The van der Waals surface area contributed by atoms with Gasteiger partial charge >= 0.3 is 0 Å². The zero-order valence-electron chi connectivity index (χ0n) is 15.0. The first-order valence-corrected chi connectivity index (χ1v) is 9.89. The number of aliphatic hydroxyl groups is 1. The number of carbonyl (C=O) groups excluding carboxylic acids is 1. The Bertz CT molecular complexity index is 582. The molecule has 1 aromatic rings. The monoisotopic (exact) mass is 346 g/mol. The third kappa shape index (κ3) is 3.22. The quantitative estimate of drug-likeness (QED) is 0.900. The number of aromatic nitrogens is 2. The minimum Gasteiger partial charge on any atom is -0.393 e. The van der Waals surface area contributed by atoms with Crippen LogP contribution in [-0.4, -0.2) is 67.7 Å². The summed E-state index contributed by atoms with van der Waals surface area (Å²) in [4.78, 5) is 22.2. The van der Waals surface area contributed by atoms with Gasteiger partial charge in [-0.25, -0.2) is 4.98 Å². The van der Waals surface area contributed by atoms with Crippen LogP contribution in [0.25, 0.3) is 0 Å². The van der Waals surface area contributed by atoms with Gasteiger partial charge in [-0.1, -0.05) is 0 Å². The van der Waals surface area contributed by atoms with Gasteiger partial charge in [0.25, 0.3) is 0 Å². The molecule has 3 aliphatic rings. The van der Waals surface area contributed by atoms with Crippen LogP contribution in [0, 0.1) is 0 Å². The highest BCUT2D eigenvalue weighted by atomic mass is 16.3. The third-order valence-corrected chi connectivity index (χ3v) is 6.57. The Balaban J connectivity index is 1.46. The van der Waals surface area contributed by atoms with Gasteiger partial charge in [0, 0.05) is 38.1 Å². The second-order valence-electron chi connectivity index (χ2n) is 7.99. The standard InChI is InChI=1S/C19H30N4O2/c24-17-5-3-16(4-6-17)23-11-2-8-19(18(23)25)7-1-10-22(19)14-13-21-12-9-20-15-21/h9,12,15-17,24H,1-8,10-11,13-14H2. The van der Waals surface area contributed by atoms with Gasteiger partial charge in [-0.3, -0.25) is 9.69 Å². The molecule has 1 aromatic heterocycles. The second kappa shape index (κ2) is 7.08. The van der Waals surface area contributed by atoms with Crippen molar-refractivity contribution in [1.29, 1.82) is 0 Å². The average molecular weight is 346 g/mol. The Kier molecular flexibility index (Phi) is 4.82. The zero-order valence-corrected chi connectivity index (χ0v) is 15.0. The summed E-state index contributed by atoms with van der Waals surface area (Å²) >= 11 is 0. The lowest BCUT2D eigenvalue weighted by atomic mass is 9.82. The van der Waals surface area contributed by atoms with E-state index >= 15 is 0 Å². The number of likely N-dealkylation sites (tertiary alicyclic amines) is 2. The molecule has 1 amide bonds. The lowest BCUT2D eigenvalue weighted by molar-refractivity contribution is -0.151. The molecule has 6 nitrogen and oxygen atoms in total. The predicted molar refractivity (Wildman–Crippen MR) is 95.0 cm³/mol. The molecule has 1 aliphatic carbocycles. The van der Waals surface area contributed by atoms with E-state index < -0.39 is 0 Å². The van der Waals surface area contributed by atoms with E-state index in [1.807, 2.05) is 18.7 Å². The number of amides is 1. The molecule has 138 valence electrons. The molecular formula is C19H30N4O2. The Morgan fingerprint density at radius 3 is 2.60 bits per heavy atom. The number of rotatable bonds is 4. The fraction of sp³-hybridized carbons (Fsp3) is 0.789. The maximum atomic E-state index is 13.5. The molecule has 1 saturated carbocycles. The Labute approximate surface area is 149 Å². The Morgan fingerprint density at radius 2 is 1.88 bits per heavy atom. The van der Waals surface area contributed by atoms with Crippen molar-refractivity contribution in [2.45, 2.75) is 75.6 Å². The molecule has 0 bridgehead atoms. The number of nitrogens with zero attached hydrogens (tertiary/aromatic N) is 4. The lowest BCUT2D eigenvalue weighted by Gasteiger charge is -2.48. The van der Waals surface area contributed by atoms with Crippen molar-refractivity contribution >= 4 is 5.91 Å². The fourth-order valence-electron chi connectivity index (χ4n) is 5.18. The summed E-state index contributed by atoms with van der Waals surface area (Å²) in [5.74, 6) is 0.364. The summed E-state index contributed by atoms with van der Waals surface area (Å²) in [6, 6.07) is 0.337. The minimum atomic E-state index is -0.269. The SMILES string of the molecule is O=C1N(C2CCC(O)CC2)CCCC12CCCN2CCn1ccnc1. The highest BCUT2D eigenvalue weighted by molar-refractivity contribution is 5.87. The van der Waals surface area contributed by atoms with E-state index in [0.717, 1.165) is 77.5 Å². The molecule has 0 aromatic carbocycles. The fourth-order valence-corrected chi connectivity index (χ4v) is 5.18. The molecular weight excluding hydrogens is 316 g/mol. The van der Waals surface area contributed by atoms with E-state index in [-0.39, 0.29) is 11.6 Å². The average Bonchev–Trinajstić information content (AvgIpc) is 3.27. The maximum Gasteiger partial charge on any atom is 0.243 e. The molecule has 1 unspecified atom stereocenters. The number of imidazole rings is 1. The maximum absolute atomic E-state index is 13.5. The van der Waals surface area contributed by atoms with Gasteiger partial charge < -0.3 is 14.6 Å². The molecule has 3 heterocycles. The largest absolute Gasteiger partial charge is 0.393 e. The number of hydrogen-bond acceptors (Lipinski definition) is 4. The van der Waals surface area contributed by atoms with E-state index in [2.05, 4.69) is 19.4 Å². The summed E-state index contributed by atoms with van der Waals surface area (Å²) in [5.41, 5.74) is -0.269. The van der Waals surface area contributed by atoms with Gasteiger partial charge in [0.05, 0.1) is 12.4 Å². The van der Waals surface area contributed by atoms with Crippen molar-refractivity contribution < 1.29 is 9.90 Å². The summed E-state index contributed by atoms with van der Waals surface area (Å²) in [5, 5.41) is 9.78.